The van der Waals surface area contributed by atoms with Crippen molar-refractivity contribution in [2.45, 2.75) is 40.0 Å². The standard InChI is InChI=1S/C23H25N7O3/c1-4-9-29(10-5-2)18-7-8-20(21(13-18)26-22(31)6-3)27-28-23-16(14-24)11-19(30(32)33)12-17(23)15-25/h7-8,11-13H,4-6,9-10H2,1-3H3,(H,26,31)/b28-27+. The summed E-state index contributed by atoms with van der Waals surface area (Å²) in [6.45, 7) is 7.63. The van der Waals surface area contributed by atoms with E-state index in [4.69, 9.17) is 0 Å². The van der Waals surface area contributed by atoms with Crippen LogP contribution in [0.1, 0.15) is 51.2 Å². The van der Waals surface area contributed by atoms with Gasteiger partial charge in [0.05, 0.1) is 21.7 Å². The van der Waals surface area contributed by atoms with Crippen LogP contribution < -0.4 is 10.2 Å². The van der Waals surface area contributed by atoms with Gasteiger partial charge in [-0.05, 0) is 31.0 Å². The Hall–Kier alpha value is -4.31. The van der Waals surface area contributed by atoms with Crippen LogP contribution in [-0.2, 0) is 4.79 Å². The first-order valence-corrected chi connectivity index (χ1v) is 10.6. The molecule has 1 N–H and O–H groups in total. The number of amides is 1. The first kappa shape index (κ1) is 25.0. The minimum atomic E-state index is -0.682. The number of nitrogens with one attached hydrogen (secondary N) is 1. The third-order valence-electron chi connectivity index (χ3n) is 4.73. The molecule has 0 atom stereocenters. The van der Waals surface area contributed by atoms with Crippen LogP contribution in [0, 0.1) is 32.8 Å². The van der Waals surface area contributed by atoms with Gasteiger partial charge in [-0.2, -0.15) is 10.5 Å². The summed E-state index contributed by atoms with van der Waals surface area (Å²) >= 11 is 0. The Kier molecular flexibility index (Phi) is 9.01. The lowest BCUT2D eigenvalue weighted by atomic mass is 10.1. The predicted octanol–water partition coefficient (Wildman–Crippen LogP) is 5.73. The number of hydrogen-bond acceptors (Lipinski definition) is 8. The summed E-state index contributed by atoms with van der Waals surface area (Å²) in [7, 11) is 0. The number of carbonyl (C=O) groups is 1. The molecule has 2 aromatic carbocycles. The molecule has 1 amide bonds. The molecule has 0 radical (unpaired) electrons. The highest BCUT2D eigenvalue weighted by Crippen LogP contribution is 2.34. The van der Waals surface area contributed by atoms with Crippen molar-refractivity contribution < 1.29 is 9.72 Å². The highest BCUT2D eigenvalue weighted by molar-refractivity contribution is 5.94. The van der Waals surface area contributed by atoms with Gasteiger partial charge in [-0.25, -0.2) is 0 Å². The lowest BCUT2D eigenvalue weighted by Gasteiger charge is -2.24. The number of nitro benzene ring substituents is 1. The smallest absolute Gasteiger partial charge is 0.272 e. The molecule has 10 nitrogen and oxygen atoms in total. The molecule has 2 rings (SSSR count). The van der Waals surface area contributed by atoms with Gasteiger partial charge in [0.25, 0.3) is 5.69 Å². The molecule has 0 spiro atoms. The summed E-state index contributed by atoms with van der Waals surface area (Å²) in [5.41, 5.74) is 0.971. The monoisotopic (exact) mass is 447 g/mol. The molecule has 0 aliphatic rings. The fraction of sp³-hybridized carbons (Fsp3) is 0.348. The lowest BCUT2D eigenvalue weighted by Crippen LogP contribution is -2.25. The van der Waals surface area contributed by atoms with Crippen molar-refractivity contribution in [1.29, 1.82) is 10.5 Å². The summed E-state index contributed by atoms with van der Waals surface area (Å²) in [6.07, 6.45) is 2.20. The van der Waals surface area contributed by atoms with Crippen LogP contribution in [0.5, 0.6) is 0 Å². The van der Waals surface area contributed by atoms with Gasteiger partial charge >= 0.3 is 0 Å². The van der Waals surface area contributed by atoms with Crippen molar-refractivity contribution in [2.24, 2.45) is 10.2 Å². The van der Waals surface area contributed by atoms with E-state index >= 15 is 0 Å². The molecule has 0 fully saturated rings. The zero-order chi connectivity index (χ0) is 24.4. The lowest BCUT2D eigenvalue weighted by molar-refractivity contribution is -0.384. The van der Waals surface area contributed by atoms with Gasteiger partial charge < -0.3 is 10.2 Å². The average molecular weight is 447 g/mol. The van der Waals surface area contributed by atoms with E-state index in [1.165, 1.54) is 0 Å². The van der Waals surface area contributed by atoms with Crippen LogP contribution in [0.25, 0.3) is 0 Å². The number of nitriles is 2. The molecule has 0 saturated heterocycles. The van der Waals surface area contributed by atoms with Crippen molar-refractivity contribution in [3.05, 3.63) is 51.6 Å². The molecule has 0 saturated carbocycles. The molecule has 0 bridgehead atoms. The van der Waals surface area contributed by atoms with Crippen molar-refractivity contribution in [1.82, 2.24) is 0 Å². The largest absolute Gasteiger partial charge is 0.371 e. The summed E-state index contributed by atoms with van der Waals surface area (Å²) in [4.78, 5) is 24.7. The predicted molar refractivity (Wildman–Crippen MR) is 125 cm³/mol. The molecular formula is C23H25N7O3. The van der Waals surface area contributed by atoms with Crippen LogP contribution in [0.15, 0.2) is 40.6 Å². The number of anilines is 2. The molecule has 170 valence electrons. The van der Waals surface area contributed by atoms with Gasteiger partial charge in [0.15, 0.2) is 0 Å². The van der Waals surface area contributed by atoms with Crippen molar-refractivity contribution in [3.8, 4) is 12.1 Å². The Morgan fingerprint density at radius 3 is 2.15 bits per heavy atom. The highest BCUT2D eigenvalue weighted by atomic mass is 16.6. The Labute approximate surface area is 192 Å². The normalized spacial score (nSPS) is 10.5. The van der Waals surface area contributed by atoms with Gasteiger partial charge in [-0.1, -0.05) is 20.8 Å². The van der Waals surface area contributed by atoms with Crippen molar-refractivity contribution in [3.63, 3.8) is 0 Å². The van der Waals surface area contributed by atoms with Gasteiger partial charge in [0.2, 0.25) is 5.91 Å². The number of carbonyl (C=O) groups excluding carboxylic acids is 1. The number of benzene rings is 2. The van der Waals surface area contributed by atoms with E-state index < -0.39 is 4.92 Å². The zero-order valence-corrected chi connectivity index (χ0v) is 18.8. The summed E-state index contributed by atoms with van der Waals surface area (Å²) < 4.78 is 0. The minimum absolute atomic E-state index is 0.0685. The maximum Gasteiger partial charge on any atom is 0.272 e. The first-order valence-electron chi connectivity index (χ1n) is 10.6. The molecule has 0 unspecified atom stereocenters. The Morgan fingerprint density at radius 1 is 1.06 bits per heavy atom. The van der Waals surface area contributed by atoms with E-state index in [-0.39, 0.29) is 34.8 Å². The van der Waals surface area contributed by atoms with Gasteiger partial charge in [-0.15, -0.1) is 10.2 Å². The first-order chi connectivity index (χ1) is 15.9. The number of hydrogen-bond donors (Lipinski definition) is 1. The Bertz CT molecular complexity index is 1100. The summed E-state index contributed by atoms with van der Waals surface area (Å²) in [6, 6.07) is 11.1. The van der Waals surface area contributed by atoms with Crippen molar-refractivity contribution >= 4 is 34.3 Å². The van der Waals surface area contributed by atoms with E-state index in [0.717, 1.165) is 43.8 Å². The topological polar surface area (TPSA) is 148 Å². The van der Waals surface area contributed by atoms with Gasteiger partial charge in [0.1, 0.15) is 23.5 Å². The van der Waals surface area contributed by atoms with Crippen molar-refractivity contribution in [2.75, 3.05) is 23.3 Å². The maximum atomic E-state index is 12.1. The molecule has 0 aromatic heterocycles. The molecule has 10 heteroatoms. The van der Waals surface area contributed by atoms with Gasteiger partial charge in [-0.3, -0.25) is 14.9 Å². The fourth-order valence-corrected chi connectivity index (χ4v) is 3.16. The third-order valence-corrected chi connectivity index (χ3v) is 4.73. The number of nitrogens with zero attached hydrogens (tertiary/aromatic N) is 6. The van der Waals surface area contributed by atoms with Crippen LogP contribution in [-0.4, -0.2) is 23.9 Å². The third kappa shape index (κ3) is 6.34. The number of nitro groups is 1. The second kappa shape index (κ2) is 11.9. The molecule has 0 aliphatic heterocycles. The summed E-state index contributed by atoms with van der Waals surface area (Å²) in [5.74, 6) is -0.202. The van der Waals surface area contributed by atoms with E-state index in [1.807, 2.05) is 24.3 Å². The quantitative estimate of drug-likeness (QED) is 0.279. The second-order valence-corrected chi connectivity index (χ2v) is 7.16. The van der Waals surface area contributed by atoms with E-state index in [9.17, 15) is 25.4 Å². The highest BCUT2D eigenvalue weighted by Gasteiger charge is 2.17. The van der Waals surface area contributed by atoms with E-state index in [1.54, 1.807) is 13.0 Å². The molecule has 0 aliphatic carbocycles. The molecule has 33 heavy (non-hydrogen) atoms. The van der Waals surface area contributed by atoms with Crippen LogP contribution in [0.4, 0.5) is 28.4 Å². The van der Waals surface area contributed by atoms with Crippen LogP contribution >= 0.6 is 0 Å². The summed E-state index contributed by atoms with van der Waals surface area (Å²) in [5, 5.41) is 40.9. The SMILES string of the molecule is CCCN(CCC)c1ccc(/N=N/c2c(C#N)cc([N+](=O)[O-])cc2C#N)c(NC(=O)CC)c1. The Morgan fingerprint density at radius 2 is 1.67 bits per heavy atom. The van der Waals surface area contributed by atoms with Crippen LogP contribution in [0.3, 0.4) is 0 Å². The minimum Gasteiger partial charge on any atom is -0.371 e. The Balaban J connectivity index is 2.56. The molecule has 2 aromatic rings. The maximum absolute atomic E-state index is 12.1. The molecular weight excluding hydrogens is 422 g/mol. The fourth-order valence-electron chi connectivity index (χ4n) is 3.16. The number of non-ortho nitro benzene ring substituents is 1. The zero-order valence-electron chi connectivity index (χ0n) is 18.8. The average Bonchev–Trinajstić information content (AvgIpc) is 2.82. The second-order valence-electron chi connectivity index (χ2n) is 7.16. The van der Waals surface area contributed by atoms with Crippen LogP contribution in [0.2, 0.25) is 0 Å². The van der Waals surface area contributed by atoms with E-state index in [0.29, 0.717) is 11.4 Å². The number of rotatable bonds is 10. The molecule has 0 heterocycles. The van der Waals surface area contributed by atoms with Gasteiger partial charge in [0, 0.05) is 37.3 Å². The van der Waals surface area contributed by atoms with E-state index in [2.05, 4.69) is 34.3 Å². The number of azo groups is 1.